The molecule has 0 unspecified atom stereocenters. The van der Waals surface area contributed by atoms with Crippen LogP contribution in [0.1, 0.15) is 166 Å². The second-order valence-electron chi connectivity index (χ2n) is 18.2. The van der Waals surface area contributed by atoms with Gasteiger partial charge in [0.1, 0.15) is 11.5 Å². The molecule has 2 N–H and O–H groups in total. The fraction of sp³-hybridized carbons (Fsp3) is 0.700. The molecule has 288 valence electrons. The van der Waals surface area contributed by atoms with Crippen LogP contribution < -0.4 is 19.6 Å². The molecular formula is C40H66Ca2O8P2. The van der Waals surface area contributed by atoms with E-state index in [2.05, 4.69) is 95.2 Å². The summed E-state index contributed by atoms with van der Waals surface area (Å²) in [5.74, 6) is 0.778. The van der Waals surface area contributed by atoms with Crippen molar-refractivity contribution in [2.24, 2.45) is 0 Å². The summed E-state index contributed by atoms with van der Waals surface area (Å²) in [6, 6.07) is 4.18. The van der Waals surface area contributed by atoms with Gasteiger partial charge in [-0.15, -0.1) is 0 Å². The summed E-state index contributed by atoms with van der Waals surface area (Å²) in [7, 11) is -8.77. The van der Waals surface area contributed by atoms with Gasteiger partial charge in [-0.1, -0.05) is 123 Å². The molecule has 12 heteroatoms. The first-order valence-electron chi connectivity index (χ1n) is 18.0. The largest absolute Gasteiger partial charge is 2.00 e. The van der Waals surface area contributed by atoms with Crippen LogP contribution in [0.25, 0.3) is 0 Å². The van der Waals surface area contributed by atoms with E-state index >= 15 is 0 Å². The number of unbranched alkanes of at least 4 members (excludes halogenated alkanes) is 4. The first-order valence-corrected chi connectivity index (χ1v) is 21.5. The molecule has 0 aliphatic carbocycles. The van der Waals surface area contributed by atoms with Crippen molar-refractivity contribution in [1.29, 1.82) is 0 Å². The van der Waals surface area contributed by atoms with Crippen molar-refractivity contribution in [3.8, 4) is 11.5 Å². The molecule has 0 saturated heterocycles. The van der Waals surface area contributed by atoms with Gasteiger partial charge in [-0.3, -0.25) is 0 Å². The Kier molecular flexibility index (Phi) is 22.8. The number of benzene rings is 2. The Morgan fingerprint density at radius 3 is 0.981 bits per heavy atom. The predicted molar refractivity (Wildman–Crippen MR) is 212 cm³/mol. The van der Waals surface area contributed by atoms with Gasteiger partial charge >= 0.3 is 75.5 Å². The Morgan fingerprint density at radius 2 is 0.769 bits per heavy atom. The minimum absolute atomic E-state index is 0. The normalized spacial score (nSPS) is 12.8. The maximum atomic E-state index is 10.9. The summed E-state index contributed by atoms with van der Waals surface area (Å²) < 4.78 is 21.4. The first kappa shape index (κ1) is 55.0. The van der Waals surface area contributed by atoms with Gasteiger partial charge in [0.2, 0.25) is 0 Å². The summed E-state index contributed by atoms with van der Waals surface area (Å²) in [6.07, 6.45) is 5.04. The number of aryl methyl sites for hydroxylation is 2. The Labute approximate surface area is 376 Å². The Balaban J connectivity index is 0. The van der Waals surface area contributed by atoms with Crippen LogP contribution in [0.15, 0.2) is 12.1 Å². The standard InChI is InChI=1S/2C20H35O4P.2Ca/c2*1-14-15(11-9-8-10-12-25(22,23)24)13-16(19(2,3)4)18(21)17(14)20(5,6)7;;/h2*13,21H,8-12H2,1-7H3,(H2,22,23,24);;/q;;2*+2/p-4. The third-order valence-electron chi connectivity index (χ3n) is 9.21. The fourth-order valence-electron chi connectivity index (χ4n) is 6.74. The zero-order chi connectivity index (χ0) is 39.3. The zero-order valence-corrected chi connectivity index (χ0v) is 41.1. The summed E-state index contributed by atoms with van der Waals surface area (Å²) >= 11 is 0. The number of aromatic hydroxyl groups is 2. The Hall–Kier alpha value is 0.859. The van der Waals surface area contributed by atoms with Crippen LogP contribution in [0, 0.1) is 13.8 Å². The molecule has 0 saturated carbocycles. The van der Waals surface area contributed by atoms with E-state index in [1.54, 1.807) is 0 Å². The molecule has 0 aliphatic rings. The molecule has 0 heterocycles. The van der Waals surface area contributed by atoms with Gasteiger partial charge in [0.25, 0.3) is 0 Å². The number of phenols is 2. The average molecular weight is 817 g/mol. The van der Waals surface area contributed by atoms with Crippen LogP contribution in [0.4, 0.5) is 0 Å². The van der Waals surface area contributed by atoms with Crippen molar-refractivity contribution in [3.63, 3.8) is 0 Å². The van der Waals surface area contributed by atoms with Gasteiger partial charge in [0, 0.05) is 11.1 Å². The summed E-state index contributed by atoms with van der Waals surface area (Å²) in [6.45, 7) is 29.3. The second kappa shape index (κ2) is 21.6. The zero-order valence-electron chi connectivity index (χ0n) is 34.9. The number of hydrogen-bond acceptors (Lipinski definition) is 8. The van der Waals surface area contributed by atoms with Gasteiger partial charge in [0.15, 0.2) is 0 Å². The van der Waals surface area contributed by atoms with Crippen molar-refractivity contribution in [1.82, 2.24) is 0 Å². The van der Waals surface area contributed by atoms with Crippen molar-refractivity contribution in [3.05, 3.63) is 56.6 Å². The van der Waals surface area contributed by atoms with Gasteiger partial charge < -0.3 is 38.9 Å². The predicted octanol–water partition coefficient (Wildman–Crippen LogP) is 7.08. The second-order valence-corrected chi connectivity index (χ2v) is 21.5. The van der Waals surface area contributed by atoms with E-state index in [1.807, 2.05) is 13.8 Å². The van der Waals surface area contributed by atoms with Crippen LogP contribution in [-0.2, 0) is 43.6 Å². The molecule has 2 aromatic carbocycles. The van der Waals surface area contributed by atoms with Gasteiger partial charge in [-0.2, -0.15) is 0 Å². The minimum atomic E-state index is -4.39. The molecule has 0 aromatic heterocycles. The number of phenolic OH excluding ortho intramolecular Hbond substituents is 2. The van der Waals surface area contributed by atoms with Crippen molar-refractivity contribution < 1.29 is 38.9 Å². The quantitative estimate of drug-likeness (QED) is 0.130. The molecule has 52 heavy (non-hydrogen) atoms. The molecule has 2 aromatic rings. The van der Waals surface area contributed by atoms with Gasteiger partial charge in [-0.25, -0.2) is 0 Å². The smallest absolute Gasteiger partial charge is 0.811 e. The molecule has 8 nitrogen and oxygen atoms in total. The van der Waals surface area contributed by atoms with E-state index < -0.39 is 15.2 Å². The van der Waals surface area contributed by atoms with Crippen LogP contribution in [0.5, 0.6) is 11.5 Å². The minimum Gasteiger partial charge on any atom is -0.811 e. The molecule has 2 rings (SSSR count). The number of hydrogen-bond donors (Lipinski definition) is 2. The van der Waals surface area contributed by atoms with Crippen LogP contribution in [0.3, 0.4) is 0 Å². The molecule has 0 amide bonds. The summed E-state index contributed by atoms with van der Waals surface area (Å²) in [5, 5.41) is 21.7. The Bertz CT molecular complexity index is 1420. The molecular weight excluding hydrogens is 751 g/mol. The van der Waals surface area contributed by atoms with E-state index in [0.717, 1.165) is 59.1 Å². The van der Waals surface area contributed by atoms with Crippen LogP contribution in [-0.4, -0.2) is 98.0 Å². The molecule has 0 spiro atoms. The van der Waals surface area contributed by atoms with E-state index in [4.69, 9.17) is 0 Å². The van der Waals surface area contributed by atoms with Crippen molar-refractivity contribution in [2.75, 3.05) is 12.3 Å². The molecule has 0 fully saturated rings. The van der Waals surface area contributed by atoms with E-state index in [9.17, 15) is 38.9 Å². The third-order valence-corrected chi connectivity index (χ3v) is 10.9. The monoisotopic (exact) mass is 816 g/mol. The van der Waals surface area contributed by atoms with Crippen molar-refractivity contribution >= 4 is 90.7 Å². The molecule has 0 radical (unpaired) electrons. The van der Waals surface area contributed by atoms with E-state index in [1.165, 1.54) is 11.1 Å². The maximum Gasteiger partial charge on any atom is 2.00 e. The van der Waals surface area contributed by atoms with Gasteiger partial charge in [-0.05, 0) is 120 Å². The van der Waals surface area contributed by atoms with Crippen LogP contribution in [0.2, 0.25) is 0 Å². The van der Waals surface area contributed by atoms with E-state index in [-0.39, 0.29) is 109 Å². The molecule has 0 aliphatic heterocycles. The van der Waals surface area contributed by atoms with E-state index in [0.29, 0.717) is 37.2 Å². The summed E-state index contributed by atoms with van der Waals surface area (Å²) in [4.78, 5) is 42.8. The molecule has 0 bridgehead atoms. The average Bonchev–Trinajstić information content (AvgIpc) is 2.86. The maximum absolute atomic E-state index is 10.9. The number of rotatable bonds is 12. The molecule has 0 atom stereocenters. The fourth-order valence-corrected chi connectivity index (χ4v) is 7.96. The first-order chi connectivity index (χ1) is 22.3. The van der Waals surface area contributed by atoms with Crippen molar-refractivity contribution in [2.45, 2.75) is 170 Å². The Morgan fingerprint density at radius 1 is 0.500 bits per heavy atom. The topological polar surface area (TPSA) is 167 Å². The summed E-state index contributed by atoms with van der Waals surface area (Å²) in [5.41, 5.74) is 7.81. The SMILES string of the molecule is Cc1c(CCCCCP(=O)([O-])[O-])cc(C(C)(C)C)c(O)c1C(C)(C)C.Cc1c(CCCCCP(=O)([O-])[O-])cc(C(C)(C)C)c(O)c1C(C)(C)C.[Ca+2].[Ca+2]. The van der Waals surface area contributed by atoms with Gasteiger partial charge in [0.05, 0.1) is 0 Å². The third kappa shape index (κ3) is 18.4. The van der Waals surface area contributed by atoms with Crippen LogP contribution >= 0.6 is 15.2 Å².